The first-order valence-electron chi connectivity index (χ1n) is 5.72. The topological polar surface area (TPSA) is 55.8 Å². The Bertz CT molecular complexity index is 366. The summed E-state index contributed by atoms with van der Waals surface area (Å²) in [5.74, 6) is -0.265. The summed E-state index contributed by atoms with van der Waals surface area (Å²) in [4.78, 5) is 11.6. The van der Waals surface area contributed by atoms with E-state index in [1.54, 1.807) is 24.3 Å². The van der Waals surface area contributed by atoms with Crippen molar-refractivity contribution in [3.05, 3.63) is 35.9 Å². The maximum absolute atomic E-state index is 11.6. The maximum atomic E-state index is 11.6. The van der Waals surface area contributed by atoms with Crippen LogP contribution in [-0.4, -0.2) is 30.1 Å². The number of carbonyl (C=O) groups excluding carboxylic acids is 1. The summed E-state index contributed by atoms with van der Waals surface area (Å²) in [5.41, 5.74) is 0.527. The van der Waals surface area contributed by atoms with E-state index in [9.17, 15) is 9.90 Å². The average Bonchev–Trinajstić information content (AvgIpc) is 2.67. The number of ether oxygens (including phenoxy) is 2. The quantitative estimate of drug-likeness (QED) is 0.810. The van der Waals surface area contributed by atoms with Gasteiger partial charge in [0.1, 0.15) is 6.61 Å². The highest BCUT2D eigenvalue weighted by Gasteiger charge is 2.31. The fourth-order valence-corrected chi connectivity index (χ4v) is 1.85. The lowest BCUT2D eigenvalue weighted by molar-refractivity contribution is -0.115. The number of rotatable bonds is 3. The van der Waals surface area contributed by atoms with E-state index in [1.165, 1.54) is 0 Å². The van der Waals surface area contributed by atoms with Crippen LogP contribution in [-0.2, 0) is 9.47 Å². The van der Waals surface area contributed by atoms with Gasteiger partial charge in [-0.2, -0.15) is 0 Å². The fourth-order valence-electron chi connectivity index (χ4n) is 1.85. The molecule has 0 aliphatic carbocycles. The van der Waals surface area contributed by atoms with Crippen molar-refractivity contribution >= 4 is 5.97 Å². The van der Waals surface area contributed by atoms with Crippen LogP contribution in [0, 0.1) is 5.92 Å². The second-order valence-electron chi connectivity index (χ2n) is 4.33. The fraction of sp³-hybridized carbons (Fsp3) is 0.462. The minimum absolute atomic E-state index is 0.0930. The second-order valence-corrected chi connectivity index (χ2v) is 4.33. The molecule has 1 unspecified atom stereocenters. The zero-order chi connectivity index (χ0) is 12.3. The highest BCUT2D eigenvalue weighted by molar-refractivity contribution is 5.89. The minimum atomic E-state index is -0.740. The lowest BCUT2D eigenvalue weighted by atomic mass is 10.1. The smallest absolute Gasteiger partial charge is 0.338 e. The van der Waals surface area contributed by atoms with E-state index in [4.69, 9.17) is 9.47 Å². The molecule has 17 heavy (non-hydrogen) atoms. The van der Waals surface area contributed by atoms with Crippen LogP contribution in [0.1, 0.15) is 23.7 Å². The Kier molecular flexibility index (Phi) is 3.76. The van der Waals surface area contributed by atoms with Crippen molar-refractivity contribution < 1.29 is 19.4 Å². The minimum Gasteiger partial charge on any atom is -0.459 e. The van der Waals surface area contributed by atoms with E-state index in [1.807, 2.05) is 13.0 Å². The third kappa shape index (κ3) is 3.05. The number of benzene rings is 1. The molecule has 1 fully saturated rings. The molecule has 92 valence electrons. The van der Waals surface area contributed by atoms with E-state index >= 15 is 0 Å². The molecule has 4 nitrogen and oxygen atoms in total. The molecule has 1 heterocycles. The van der Waals surface area contributed by atoms with Crippen molar-refractivity contribution in [3.63, 3.8) is 0 Å². The maximum Gasteiger partial charge on any atom is 0.338 e. The molecule has 0 radical (unpaired) electrons. The first kappa shape index (κ1) is 12.1. The average molecular weight is 236 g/mol. The molecule has 3 atom stereocenters. The van der Waals surface area contributed by atoms with Crippen molar-refractivity contribution in [2.24, 2.45) is 5.92 Å². The van der Waals surface area contributed by atoms with E-state index in [2.05, 4.69) is 0 Å². The number of aliphatic hydroxyl groups is 1. The van der Waals surface area contributed by atoms with Crippen LogP contribution in [0.2, 0.25) is 0 Å². The second kappa shape index (κ2) is 5.29. The summed E-state index contributed by atoms with van der Waals surface area (Å²) in [6.45, 7) is 2.10. The van der Waals surface area contributed by atoms with Crippen LogP contribution in [0.3, 0.4) is 0 Å². The summed E-state index contributed by atoms with van der Waals surface area (Å²) in [5, 5.41) is 9.39. The molecule has 1 aromatic rings. The third-order valence-electron chi connectivity index (χ3n) is 2.86. The lowest BCUT2D eigenvalue weighted by Crippen LogP contribution is -2.19. The van der Waals surface area contributed by atoms with Gasteiger partial charge in [0.2, 0.25) is 0 Å². The summed E-state index contributed by atoms with van der Waals surface area (Å²) in [6.07, 6.45) is -0.230. The number of hydrogen-bond donors (Lipinski definition) is 1. The molecule has 1 saturated heterocycles. The molecule has 1 aromatic carbocycles. The number of carbonyl (C=O) groups is 1. The van der Waals surface area contributed by atoms with E-state index in [0.717, 1.165) is 0 Å². The van der Waals surface area contributed by atoms with Gasteiger partial charge in [-0.3, -0.25) is 0 Å². The van der Waals surface area contributed by atoms with Crippen LogP contribution < -0.4 is 0 Å². The van der Waals surface area contributed by atoms with Gasteiger partial charge in [0.25, 0.3) is 0 Å². The summed E-state index contributed by atoms with van der Waals surface area (Å²) >= 11 is 0. The predicted octanol–water partition coefficient (Wildman–Crippen LogP) is 1.59. The number of hydrogen-bond acceptors (Lipinski definition) is 4. The van der Waals surface area contributed by atoms with Crippen LogP contribution in [0.25, 0.3) is 0 Å². The molecule has 0 amide bonds. The SMILES string of the molecule is C[C@H]1C[C@@H](COC(=O)c2ccccc2)OC1O. The summed E-state index contributed by atoms with van der Waals surface area (Å²) in [7, 11) is 0. The molecular formula is C13H16O4. The van der Waals surface area contributed by atoms with Crippen molar-refractivity contribution in [1.82, 2.24) is 0 Å². The molecule has 4 heteroatoms. The molecule has 1 N–H and O–H groups in total. The number of aliphatic hydroxyl groups excluding tert-OH is 1. The van der Waals surface area contributed by atoms with E-state index in [0.29, 0.717) is 12.0 Å². The first-order valence-corrected chi connectivity index (χ1v) is 5.72. The zero-order valence-corrected chi connectivity index (χ0v) is 9.70. The zero-order valence-electron chi connectivity index (χ0n) is 9.70. The molecular weight excluding hydrogens is 220 g/mol. The van der Waals surface area contributed by atoms with Gasteiger partial charge < -0.3 is 14.6 Å². The molecule has 1 aliphatic heterocycles. The van der Waals surface area contributed by atoms with Gasteiger partial charge in [0.05, 0.1) is 11.7 Å². The van der Waals surface area contributed by atoms with Crippen LogP contribution in [0.4, 0.5) is 0 Å². The molecule has 0 spiro atoms. The molecule has 0 bridgehead atoms. The van der Waals surface area contributed by atoms with Gasteiger partial charge in [-0.05, 0) is 18.6 Å². The molecule has 0 saturated carbocycles. The Balaban J connectivity index is 1.81. The predicted molar refractivity (Wildman–Crippen MR) is 61.4 cm³/mol. The lowest BCUT2D eigenvalue weighted by Gasteiger charge is -2.10. The van der Waals surface area contributed by atoms with Crippen molar-refractivity contribution in [1.29, 1.82) is 0 Å². The van der Waals surface area contributed by atoms with Gasteiger partial charge >= 0.3 is 5.97 Å². The van der Waals surface area contributed by atoms with Gasteiger partial charge in [-0.25, -0.2) is 4.79 Å². The van der Waals surface area contributed by atoms with Crippen molar-refractivity contribution in [2.45, 2.75) is 25.7 Å². The summed E-state index contributed by atoms with van der Waals surface area (Å²) in [6, 6.07) is 8.82. The molecule has 0 aromatic heterocycles. The van der Waals surface area contributed by atoms with E-state index in [-0.39, 0.29) is 24.6 Å². The van der Waals surface area contributed by atoms with E-state index < -0.39 is 6.29 Å². The highest BCUT2D eigenvalue weighted by Crippen LogP contribution is 2.24. The molecule has 2 rings (SSSR count). The monoisotopic (exact) mass is 236 g/mol. The summed E-state index contributed by atoms with van der Waals surface area (Å²) < 4.78 is 10.4. The van der Waals surface area contributed by atoms with Crippen LogP contribution >= 0.6 is 0 Å². The largest absolute Gasteiger partial charge is 0.459 e. The van der Waals surface area contributed by atoms with Gasteiger partial charge in [-0.15, -0.1) is 0 Å². The first-order chi connectivity index (χ1) is 8.16. The standard InChI is InChI=1S/C13H16O4/c1-9-7-11(17-12(9)14)8-16-13(15)10-5-3-2-4-6-10/h2-6,9,11-12,14H,7-8H2,1H3/t9-,11-,12?/m0/s1. The van der Waals surface area contributed by atoms with Gasteiger partial charge in [-0.1, -0.05) is 25.1 Å². The van der Waals surface area contributed by atoms with Crippen LogP contribution in [0.15, 0.2) is 30.3 Å². The van der Waals surface area contributed by atoms with Crippen LogP contribution in [0.5, 0.6) is 0 Å². The molecule has 1 aliphatic rings. The van der Waals surface area contributed by atoms with Gasteiger partial charge in [0, 0.05) is 5.92 Å². The Labute approximate surface area is 100 Å². The van der Waals surface area contributed by atoms with Crippen molar-refractivity contribution in [2.75, 3.05) is 6.61 Å². The van der Waals surface area contributed by atoms with Crippen molar-refractivity contribution in [3.8, 4) is 0 Å². The Morgan fingerprint density at radius 3 is 2.76 bits per heavy atom. The highest BCUT2D eigenvalue weighted by atomic mass is 16.6. The Morgan fingerprint density at radius 1 is 1.47 bits per heavy atom. The normalized spacial score (nSPS) is 28.0. The number of esters is 1. The Hall–Kier alpha value is -1.39. The van der Waals surface area contributed by atoms with Gasteiger partial charge in [0.15, 0.2) is 6.29 Å². The Morgan fingerprint density at radius 2 is 2.18 bits per heavy atom. The third-order valence-corrected chi connectivity index (χ3v) is 2.86.